The molecule has 1 aromatic heterocycles. The number of nitriles is 1. The molecule has 0 unspecified atom stereocenters. The molecule has 0 radical (unpaired) electrons. The number of aliphatic hydroxyl groups is 1. The minimum absolute atomic E-state index is 0.288. The molecule has 1 aliphatic heterocycles. The minimum Gasteiger partial charge on any atom is -0.373 e. The molecule has 2 heterocycles. The van der Waals surface area contributed by atoms with Crippen LogP contribution in [0, 0.1) is 23.1 Å². The lowest BCUT2D eigenvalue weighted by Gasteiger charge is -2.42. The molecule has 7 heteroatoms. The Morgan fingerprint density at radius 3 is 2.76 bits per heavy atom. The van der Waals surface area contributed by atoms with Gasteiger partial charge in [-0.3, -0.25) is 9.69 Å². The zero-order valence-corrected chi connectivity index (χ0v) is 13.8. The van der Waals surface area contributed by atoms with Gasteiger partial charge in [-0.25, -0.2) is 9.37 Å². The first kappa shape index (κ1) is 16.9. The number of aliphatic hydroxyl groups excluding tert-OH is 1. The van der Waals surface area contributed by atoms with Crippen molar-refractivity contribution in [1.82, 2.24) is 4.98 Å². The van der Waals surface area contributed by atoms with Crippen molar-refractivity contribution in [3.8, 4) is 6.07 Å². The number of rotatable bonds is 2. The third-order valence-corrected chi connectivity index (χ3v) is 4.38. The lowest BCUT2D eigenvalue weighted by Crippen LogP contribution is -2.50. The van der Waals surface area contributed by atoms with Gasteiger partial charge >= 0.3 is 0 Å². The van der Waals surface area contributed by atoms with Gasteiger partial charge in [0.25, 0.3) is 0 Å². The summed E-state index contributed by atoms with van der Waals surface area (Å²) < 4.78 is 13.1. The van der Waals surface area contributed by atoms with Crippen molar-refractivity contribution < 1.29 is 14.3 Å². The summed E-state index contributed by atoms with van der Waals surface area (Å²) in [6.45, 7) is 3.18. The predicted octanol–water partition coefficient (Wildman–Crippen LogP) is 2.57. The Balaban J connectivity index is 2.08. The van der Waals surface area contributed by atoms with E-state index in [0.717, 1.165) is 6.20 Å². The van der Waals surface area contributed by atoms with Crippen LogP contribution in [0.2, 0.25) is 0 Å². The number of pyridine rings is 1. The highest BCUT2D eigenvalue weighted by Crippen LogP contribution is 2.42. The molecule has 1 amide bonds. The fourth-order valence-corrected chi connectivity index (χ4v) is 3.11. The molecule has 2 N–H and O–H groups in total. The molecule has 0 bridgehead atoms. The molecule has 3 rings (SSSR count). The van der Waals surface area contributed by atoms with Gasteiger partial charge in [0.1, 0.15) is 17.9 Å². The molecule has 1 aliphatic rings. The van der Waals surface area contributed by atoms with E-state index in [4.69, 9.17) is 0 Å². The Morgan fingerprint density at radius 2 is 2.16 bits per heavy atom. The van der Waals surface area contributed by atoms with E-state index in [9.17, 15) is 19.6 Å². The van der Waals surface area contributed by atoms with E-state index in [1.54, 1.807) is 25.1 Å². The van der Waals surface area contributed by atoms with Crippen LogP contribution in [-0.2, 0) is 4.79 Å². The van der Waals surface area contributed by atoms with Gasteiger partial charge < -0.3 is 10.4 Å². The Hall–Kier alpha value is -2.98. The second-order valence-corrected chi connectivity index (χ2v) is 6.03. The highest BCUT2D eigenvalue weighted by Gasteiger charge is 2.39. The Labute approximate surface area is 144 Å². The maximum absolute atomic E-state index is 13.1. The summed E-state index contributed by atoms with van der Waals surface area (Å²) in [5.74, 6) is -0.673. The normalized spacial score (nSPS) is 22.0. The molecular weight excluding hydrogens is 323 g/mol. The molecule has 25 heavy (non-hydrogen) atoms. The van der Waals surface area contributed by atoms with Crippen LogP contribution in [0.4, 0.5) is 15.9 Å². The first-order valence-electron chi connectivity index (χ1n) is 7.82. The fourth-order valence-electron chi connectivity index (χ4n) is 3.11. The monoisotopic (exact) mass is 340 g/mol. The summed E-state index contributed by atoms with van der Waals surface area (Å²) in [5.41, 5.74) is 1.69. The van der Waals surface area contributed by atoms with Crippen LogP contribution < -0.4 is 10.2 Å². The third kappa shape index (κ3) is 3.04. The molecule has 0 saturated carbocycles. The summed E-state index contributed by atoms with van der Waals surface area (Å²) in [4.78, 5) is 17.3. The number of halogens is 1. The SMILES string of the molecule is CC(=O)N1c2ccc(C#N)cc2[C@H](Nc2ccc(F)cn2)[C@@H](C)[C@@H]1O. The van der Waals surface area contributed by atoms with Crippen molar-refractivity contribution in [2.45, 2.75) is 26.1 Å². The van der Waals surface area contributed by atoms with Crippen molar-refractivity contribution in [1.29, 1.82) is 5.26 Å². The summed E-state index contributed by atoms with van der Waals surface area (Å²) >= 11 is 0. The summed E-state index contributed by atoms with van der Waals surface area (Å²) in [7, 11) is 0. The van der Waals surface area contributed by atoms with E-state index in [0.29, 0.717) is 22.6 Å². The molecule has 1 aromatic carbocycles. The van der Waals surface area contributed by atoms with Gasteiger partial charge in [0.2, 0.25) is 5.91 Å². The number of carbonyl (C=O) groups is 1. The molecule has 3 atom stereocenters. The summed E-state index contributed by atoms with van der Waals surface area (Å²) in [5, 5.41) is 22.9. The zero-order chi connectivity index (χ0) is 18.1. The van der Waals surface area contributed by atoms with Gasteiger partial charge in [-0.2, -0.15) is 5.26 Å². The molecule has 0 spiro atoms. The topological polar surface area (TPSA) is 89.3 Å². The highest BCUT2D eigenvalue weighted by atomic mass is 19.1. The van der Waals surface area contributed by atoms with Crippen LogP contribution in [0.25, 0.3) is 0 Å². The van der Waals surface area contributed by atoms with Crippen LogP contribution in [0.1, 0.15) is 31.0 Å². The molecule has 0 saturated heterocycles. The number of hydrogen-bond donors (Lipinski definition) is 2. The maximum Gasteiger partial charge on any atom is 0.225 e. The number of carbonyl (C=O) groups excluding carboxylic acids is 1. The van der Waals surface area contributed by atoms with Gasteiger partial charge in [-0.1, -0.05) is 6.92 Å². The Kier molecular flexibility index (Phi) is 4.38. The number of nitrogens with one attached hydrogen (secondary N) is 1. The average molecular weight is 340 g/mol. The van der Waals surface area contributed by atoms with E-state index in [1.165, 1.54) is 24.0 Å². The van der Waals surface area contributed by atoms with Crippen LogP contribution >= 0.6 is 0 Å². The van der Waals surface area contributed by atoms with Gasteiger partial charge in [0.15, 0.2) is 0 Å². The van der Waals surface area contributed by atoms with Gasteiger partial charge in [0.05, 0.1) is 29.6 Å². The Morgan fingerprint density at radius 1 is 1.40 bits per heavy atom. The molecule has 2 aromatic rings. The third-order valence-electron chi connectivity index (χ3n) is 4.38. The number of hydrogen-bond acceptors (Lipinski definition) is 5. The smallest absolute Gasteiger partial charge is 0.225 e. The summed E-state index contributed by atoms with van der Waals surface area (Å²) in [6.07, 6.45) is 0.0664. The van der Waals surface area contributed by atoms with E-state index in [2.05, 4.69) is 16.4 Å². The van der Waals surface area contributed by atoms with Crippen LogP contribution in [0.5, 0.6) is 0 Å². The second-order valence-electron chi connectivity index (χ2n) is 6.03. The van der Waals surface area contributed by atoms with E-state index >= 15 is 0 Å². The predicted molar refractivity (Wildman–Crippen MR) is 90.0 cm³/mol. The molecule has 0 aliphatic carbocycles. The fraction of sp³-hybridized carbons (Fsp3) is 0.278. The quantitative estimate of drug-likeness (QED) is 0.877. The van der Waals surface area contributed by atoms with Crippen molar-refractivity contribution in [2.75, 3.05) is 10.2 Å². The second kappa shape index (κ2) is 6.49. The number of aromatic nitrogens is 1. The van der Waals surface area contributed by atoms with Gasteiger partial charge in [-0.15, -0.1) is 0 Å². The maximum atomic E-state index is 13.1. The molecular formula is C18H17FN4O2. The van der Waals surface area contributed by atoms with Gasteiger partial charge in [-0.05, 0) is 35.9 Å². The number of fused-ring (bicyclic) bond motifs is 1. The lowest BCUT2D eigenvalue weighted by molar-refractivity contribution is -0.119. The zero-order valence-electron chi connectivity index (χ0n) is 13.8. The molecule has 0 fully saturated rings. The van der Waals surface area contributed by atoms with Crippen molar-refractivity contribution in [2.24, 2.45) is 5.92 Å². The van der Waals surface area contributed by atoms with Crippen LogP contribution in [0.3, 0.4) is 0 Å². The van der Waals surface area contributed by atoms with Crippen molar-refractivity contribution in [3.05, 3.63) is 53.5 Å². The number of amides is 1. The number of anilines is 2. The summed E-state index contributed by atoms with van der Waals surface area (Å²) in [6, 6.07) is 9.41. The van der Waals surface area contributed by atoms with Crippen LogP contribution in [-0.4, -0.2) is 22.2 Å². The van der Waals surface area contributed by atoms with E-state index in [1.807, 2.05) is 0 Å². The van der Waals surface area contributed by atoms with E-state index in [-0.39, 0.29) is 11.8 Å². The highest BCUT2D eigenvalue weighted by molar-refractivity contribution is 5.93. The molecule has 128 valence electrons. The minimum atomic E-state index is -1.03. The van der Waals surface area contributed by atoms with Gasteiger partial charge in [0, 0.05) is 12.8 Å². The number of nitrogens with zero attached hydrogens (tertiary/aromatic N) is 3. The number of benzene rings is 1. The van der Waals surface area contributed by atoms with Crippen molar-refractivity contribution in [3.63, 3.8) is 0 Å². The van der Waals surface area contributed by atoms with Crippen molar-refractivity contribution >= 4 is 17.4 Å². The van der Waals surface area contributed by atoms with Crippen LogP contribution in [0.15, 0.2) is 36.5 Å². The Bertz CT molecular complexity index is 847. The largest absolute Gasteiger partial charge is 0.373 e. The first-order valence-corrected chi connectivity index (χ1v) is 7.82. The first-order chi connectivity index (χ1) is 11.9. The van der Waals surface area contributed by atoms with E-state index < -0.39 is 18.1 Å². The lowest BCUT2D eigenvalue weighted by atomic mass is 9.85. The molecule has 6 nitrogen and oxygen atoms in total. The standard InChI is InChI=1S/C18H17FN4O2/c1-10-17(22-16-6-4-13(19)9-21-16)14-7-12(8-20)3-5-15(14)23(11(2)24)18(10)25/h3-7,9-10,17-18,25H,1-2H3,(H,21,22)/t10-,17-,18+/m1/s1. The average Bonchev–Trinajstić information content (AvgIpc) is 2.60.